The molecule has 47 heavy (non-hydrogen) atoms. The van der Waals surface area contributed by atoms with Crippen molar-refractivity contribution in [2.24, 2.45) is 0 Å². The van der Waals surface area contributed by atoms with E-state index in [1.165, 1.54) is 30.2 Å². The lowest BCUT2D eigenvalue weighted by molar-refractivity contribution is -0.114. The number of thioether (sulfide) groups is 1. The topological polar surface area (TPSA) is 123 Å². The van der Waals surface area contributed by atoms with Crippen molar-refractivity contribution < 1.29 is 28.7 Å². The van der Waals surface area contributed by atoms with Crippen LogP contribution in [0.25, 0.3) is 6.08 Å². The van der Waals surface area contributed by atoms with E-state index in [1.54, 1.807) is 86.0 Å². The van der Waals surface area contributed by atoms with Crippen LogP contribution in [-0.4, -0.2) is 43.7 Å². The van der Waals surface area contributed by atoms with Crippen molar-refractivity contribution in [3.8, 4) is 5.75 Å². The third-order valence-electron chi connectivity index (χ3n) is 7.46. The van der Waals surface area contributed by atoms with Gasteiger partial charge in [-0.25, -0.2) is 4.79 Å². The third-order valence-corrected chi connectivity index (χ3v) is 9.66. The molecular formula is C36H35N3O6S2. The van der Waals surface area contributed by atoms with E-state index in [0.29, 0.717) is 33.1 Å². The SMILES string of the molecule is COC(=O)c1c(NC(=O)CSc2cccc(NC(=O)/C(=C/c3cccc(OC)c3)NC(=O)c3ccccc3)c2)sc2c1CCCCC2. The fourth-order valence-corrected chi connectivity index (χ4v) is 7.21. The molecule has 3 aromatic carbocycles. The molecule has 11 heteroatoms. The monoisotopic (exact) mass is 669 g/mol. The van der Waals surface area contributed by atoms with Crippen LogP contribution in [0.15, 0.2) is 89.5 Å². The standard InChI is InChI=1S/C36H35N3O6S2/c1-44-26-15-9-11-23(19-26)20-29(38-33(41)24-12-5-3-6-13-24)34(42)37-25-14-10-16-27(21-25)46-22-31(40)39-35-32(36(43)45-2)28-17-7-4-8-18-30(28)47-35/h3,5-6,9-16,19-21H,4,7-8,17-18,22H2,1-2H3,(H,37,42)(H,38,41)(H,39,40)/b29-20-. The molecule has 1 aliphatic carbocycles. The molecule has 242 valence electrons. The molecule has 0 spiro atoms. The van der Waals surface area contributed by atoms with Gasteiger partial charge < -0.3 is 25.4 Å². The van der Waals surface area contributed by atoms with Crippen LogP contribution >= 0.6 is 23.1 Å². The summed E-state index contributed by atoms with van der Waals surface area (Å²) in [4.78, 5) is 54.0. The summed E-state index contributed by atoms with van der Waals surface area (Å²) < 4.78 is 10.4. The van der Waals surface area contributed by atoms with E-state index in [4.69, 9.17) is 9.47 Å². The van der Waals surface area contributed by atoms with Crippen molar-refractivity contribution in [1.29, 1.82) is 0 Å². The first-order chi connectivity index (χ1) is 22.8. The molecule has 5 rings (SSSR count). The number of esters is 1. The van der Waals surface area contributed by atoms with Crippen molar-refractivity contribution in [3.63, 3.8) is 0 Å². The number of thiophene rings is 1. The van der Waals surface area contributed by atoms with Gasteiger partial charge in [0.15, 0.2) is 0 Å². The summed E-state index contributed by atoms with van der Waals surface area (Å²) in [6.07, 6.45) is 6.44. The molecule has 3 amide bonds. The number of aryl methyl sites for hydroxylation is 1. The molecule has 1 aliphatic rings. The number of hydrogen-bond donors (Lipinski definition) is 3. The first-order valence-electron chi connectivity index (χ1n) is 15.1. The molecule has 0 saturated carbocycles. The van der Waals surface area contributed by atoms with Gasteiger partial charge in [-0.15, -0.1) is 23.1 Å². The normalized spacial score (nSPS) is 12.7. The van der Waals surface area contributed by atoms with E-state index in [1.807, 2.05) is 6.07 Å². The minimum atomic E-state index is -0.523. The van der Waals surface area contributed by atoms with E-state index in [-0.39, 0.29) is 17.4 Å². The summed E-state index contributed by atoms with van der Waals surface area (Å²) in [7, 11) is 2.91. The van der Waals surface area contributed by atoms with Crippen molar-refractivity contribution >= 4 is 63.6 Å². The molecule has 0 unspecified atom stereocenters. The second-order valence-electron chi connectivity index (χ2n) is 10.7. The number of carbonyl (C=O) groups is 4. The average Bonchev–Trinajstić information content (AvgIpc) is 3.26. The minimum absolute atomic E-state index is 0.0419. The summed E-state index contributed by atoms with van der Waals surface area (Å²) in [5.41, 5.74) is 3.06. The fourth-order valence-electron chi connectivity index (χ4n) is 5.16. The largest absolute Gasteiger partial charge is 0.497 e. The van der Waals surface area contributed by atoms with E-state index in [9.17, 15) is 19.2 Å². The van der Waals surface area contributed by atoms with E-state index in [2.05, 4.69) is 16.0 Å². The Morgan fingerprint density at radius 2 is 1.66 bits per heavy atom. The maximum atomic E-state index is 13.5. The van der Waals surface area contributed by atoms with E-state index >= 15 is 0 Å². The minimum Gasteiger partial charge on any atom is -0.497 e. The van der Waals surface area contributed by atoms with Crippen molar-refractivity contribution in [3.05, 3.63) is 112 Å². The van der Waals surface area contributed by atoms with Gasteiger partial charge in [0.25, 0.3) is 11.8 Å². The molecule has 0 fully saturated rings. The van der Waals surface area contributed by atoms with Crippen LogP contribution in [-0.2, 0) is 27.2 Å². The molecule has 9 nitrogen and oxygen atoms in total. The van der Waals surface area contributed by atoms with Crippen LogP contribution in [0.4, 0.5) is 10.7 Å². The van der Waals surface area contributed by atoms with Crippen LogP contribution in [0.1, 0.15) is 56.0 Å². The number of hydrogen-bond acceptors (Lipinski definition) is 8. The van der Waals surface area contributed by atoms with Crippen molar-refractivity contribution in [2.75, 3.05) is 30.6 Å². The molecule has 0 radical (unpaired) electrons. The number of benzene rings is 3. The number of anilines is 2. The Balaban J connectivity index is 1.27. The zero-order valence-corrected chi connectivity index (χ0v) is 27.7. The van der Waals surface area contributed by atoms with Crippen molar-refractivity contribution in [2.45, 2.75) is 37.0 Å². The molecular weight excluding hydrogens is 635 g/mol. The van der Waals surface area contributed by atoms with Gasteiger partial charge in [-0.2, -0.15) is 0 Å². The highest BCUT2D eigenvalue weighted by Crippen LogP contribution is 2.38. The number of ether oxygens (including phenoxy) is 2. The Bertz CT molecular complexity index is 1800. The summed E-state index contributed by atoms with van der Waals surface area (Å²) in [5, 5.41) is 9.05. The number of rotatable bonds is 11. The van der Waals surface area contributed by atoms with Gasteiger partial charge in [-0.1, -0.05) is 42.8 Å². The maximum Gasteiger partial charge on any atom is 0.341 e. The van der Waals surface area contributed by atoms with Gasteiger partial charge in [-0.3, -0.25) is 14.4 Å². The molecule has 4 aromatic rings. The number of carbonyl (C=O) groups excluding carboxylic acids is 4. The lowest BCUT2D eigenvalue weighted by Crippen LogP contribution is -2.30. The number of fused-ring (bicyclic) bond motifs is 1. The third kappa shape index (κ3) is 8.90. The highest BCUT2D eigenvalue weighted by atomic mass is 32.2. The summed E-state index contributed by atoms with van der Waals surface area (Å²) in [5.74, 6) is -0.937. The summed E-state index contributed by atoms with van der Waals surface area (Å²) in [6.45, 7) is 0. The quantitative estimate of drug-likeness (QED) is 0.0684. The Labute approximate surface area is 281 Å². The fraction of sp³-hybridized carbons (Fsp3) is 0.222. The Morgan fingerprint density at radius 1 is 0.872 bits per heavy atom. The molecule has 1 heterocycles. The van der Waals surface area contributed by atoms with Crippen LogP contribution < -0.4 is 20.7 Å². The lowest BCUT2D eigenvalue weighted by Gasteiger charge is -2.12. The maximum absolute atomic E-state index is 13.5. The number of amides is 3. The first kappa shape index (κ1) is 33.5. The summed E-state index contributed by atoms with van der Waals surface area (Å²) in [6, 6.07) is 22.9. The molecule has 0 saturated heterocycles. The van der Waals surface area contributed by atoms with Gasteiger partial charge >= 0.3 is 5.97 Å². The zero-order valence-electron chi connectivity index (χ0n) is 26.1. The number of methoxy groups -OCH3 is 2. The highest BCUT2D eigenvalue weighted by molar-refractivity contribution is 8.00. The van der Waals surface area contributed by atoms with Crippen molar-refractivity contribution in [1.82, 2.24) is 5.32 Å². The molecule has 0 bridgehead atoms. The molecule has 3 N–H and O–H groups in total. The van der Waals surface area contributed by atoms with Crippen LogP contribution in [0.2, 0.25) is 0 Å². The van der Waals surface area contributed by atoms with Gasteiger partial charge in [0.2, 0.25) is 5.91 Å². The Kier molecular flexibility index (Phi) is 11.5. The highest BCUT2D eigenvalue weighted by Gasteiger charge is 2.26. The first-order valence-corrected chi connectivity index (χ1v) is 16.9. The second kappa shape index (κ2) is 16.1. The second-order valence-corrected chi connectivity index (χ2v) is 12.9. The smallest absolute Gasteiger partial charge is 0.341 e. The van der Waals surface area contributed by atoms with Gasteiger partial charge in [0.1, 0.15) is 16.4 Å². The van der Waals surface area contributed by atoms with Crippen LogP contribution in [0, 0.1) is 0 Å². The summed E-state index contributed by atoms with van der Waals surface area (Å²) >= 11 is 2.75. The Hall–Kier alpha value is -4.87. The Morgan fingerprint density at radius 3 is 2.45 bits per heavy atom. The predicted octanol–water partition coefficient (Wildman–Crippen LogP) is 6.95. The van der Waals surface area contributed by atoms with Gasteiger partial charge in [-0.05, 0) is 85.4 Å². The predicted molar refractivity (Wildman–Crippen MR) is 186 cm³/mol. The molecule has 0 aliphatic heterocycles. The van der Waals surface area contributed by atoms with Crippen LogP contribution in [0.5, 0.6) is 5.75 Å². The van der Waals surface area contributed by atoms with Crippen LogP contribution in [0.3, 0.4) is 0 Å². The molecule has 1 aromatic heterocycles. The van der Waals surface area contributed by atoms with E-state index < -0.39 is 17.8 Å². The average molecular weight is 670 g/mol. The van der Waals surface area contributed by atoms with Gasteiger partial charge in [0.05, 0.1) is 25.5 Å². The van der Waals surface area contributed by atoms with Gasteiger partial charge in [0, 0.05) is 21.0 Å². The molecule has 0 atom stereocenters. The zero-order chi connectivity index (χ0) is 33.2. The number of nitrogens with one attached hydrogen (secondary N) is 3. The van der Waals surface area contributed by atoms with E-state index in [0.717, 1.165) is 47.4 Å². The lowest BCUT2D eigenvalue weighted by atomic mass is 10.1.